The van der Waals surface area contributed by atoms with Crippen LogP contribution in [0.2, 0.25) is 5.15 Å². The van der Waals surface area contributed by atoms with E-state index in [-0.39, 0.29) is 12.1 Å². The number of ether oxygens (including phenoxy) is 2. The van der Waals surface area contributed by atoms with E-state index in [4.69, 9.17) is 21.1 Å². The molecule has 2 heterocycles. The van der Waals surface area contributed by atoms with Crippen molar-refractivity contribution in [3.05, 3.63) is 39.8 Å². The molecule has 0 unspecified atom stereocenters. The molecule has 0 spiro atoms. The lowest BCUT2D eigenvalue weighted by Gasteiger charge is -2.19. The highest BCUT2D eigenvalue weighted by atomic mass is 35.5. The summed E-state index contributed by atoms with van der Waals surface area (Å²) >= 11 is 5.91. The van der Waals surface area contributed by atoms with Crippen LogP contribution in [0.15, 0.2) is 29.1 Å². The van der Waals surface area contributed by atoms with E-state index < -0.39 is 6.29 Å². The Labute approximate surface area is 122 Å². The van der Waals surface area contributed by atoms with Crippen LogP contribution < -0.4 is 5.56 Å². The van der Waals surface area contributed by atoms with Crippen LogP contribution in [0.4, 0.5) is 0 Å². The van der Waals surface area contributed by atoms with Crippen molar-refractivity contribution in [3.63, 3.8) is 0 Å². The van der Waals surface area contributed by atoms with Crippen molar-refractivity contribution in [2.24, 2.45) is 0 Å². The molecule has 20 heavy (non-hydrogen) atoms. The third-order valence-corrected chi connectivity index (χ3v) is 3.05. The maximum atomic E-state index is 12.1. The van der Waals surface area contributed by atoms with Gasteiger partial charge in [-0.05, 0) is 32.0 Å². The van der Waals surface area contributed by atoms with Gasteiger partial charge in [-0.25, -0.2) is 4.98 Å². The first-order chi connectivity index (χ1) is 9.65. The Morgan fingerprint density at radius 1 is 1.20 bits per heavy atom. The molecule has 2 rings (SSSR count). The minimum atomic E-state index is -0.478. The Bertz CT molecular complexity index is 636. The zero-order valence-electron chi connectivity index (χ0n) is 11.5. The van der Waals surface area contributed by atoms with Crippen molar-refractivity contribution >= 4 is 22.6 Å². The summed E-state index contributed by atoms with van der Waals surface area (Å²) in [5.41, 5.74) is 0.381. The lowest BCUT2D eigenvalue weighted by atomic mass is 10.3. The fourth-order valence-electron chi connectivity index (χ4n) is 1.99. The fourth-order valence-corrected chi connectivity index (χ4v) is 2.13. The molecule has 0 aliphatic rings. The standard InChI is InChI=1S/C14H17ClN2O3/c1-3-19-13(20-4-2)9-17-12(18)8-6-10-5-7-11(15)16-14(10)17/h5-8,13H,3-4,9H2,1-2H3. The quantitative estimate of drug-likeness (QED) is 0.607. The van der Waals surface area contributed by atoms with E-state index in [9.17, 15) is 4.79 Å². The second-order valence-corrected chi connectivity index (χ2v) is 4.56. The zero-order valence-corrected chi connectivity index (χ0v) is 12.3. The summed E-state index contributed by atoms with van der Waals surface area (Å²) in [6.45, 7) is 5.07. The van der Waals surface area contributed by atoms with Gasteiger partial charge >= 0.3 is 0 Å². The van der Waals surface area contributed by atoms with E-state index in [1.165, 1.54) is 10.6 Å². The number of nitrogens with zero attached hydrogens (tertiary/aromatic N) is 2. The molecule has 0 amide bonds. The highest BCUT2D eigenvalue weighted by Crippen LogP contribution is 2.14. The maximum absolute atomic E-state index is 12.1. The number of hydrogen-bond donors (Lipinski definition) is 0. The highest BCUT2D eigenvalue weighted by Gasteiger charge is 2.13. The SMILES string of the molecule is CCOC(Cn1c(=O)ccc2ccc(Cl)nc21)OCC. The minimum Gasteiger partial charge on any atom is -0.351 e. The molecule has 0 radical (unpaired) electrons. The van der Waals surface area contributed by atoms with Crippen LogP contribution >= 0.6 is 11.6 Å². The van der Waals surface area contributed by atoms with Crippen LogP contribution in [-0.2, 0) is 16.0 Å². The molecule has 0 fully saturated rings. The van der Waals surface area contributed by atoms with Crippen LogP contribution in [0, 0.1) is 0 Å². The summed E-state index contributed by atoms with van der Waals surface area (Å²) in [4.78, 5) is 16.3. The monoisotopic (exact) mass is 296 g/mol. The van der Waals surface area contributed by atoms with Crippen molar-refractivity contribution in [1.82, 2.24) is 9.55 Å². The first-order valence-corrected chi connectivity index (χ1v) is 6.92. The molecule has 0 bridgehead atoms. The Kier molecular flexibility index (Phi) is 5.11. The van der Waals surface area contributed by atoms with Crippen LogP contribution in [0.5, 0.6) is 0 Å². The largest absolute Gasteiger partial charge is 0.351 e. The van der Waals surface area contributed by atoms with Crippen molar-refractivity contribution in [2.75, 3.05) is 13.2 Å². The summed E-state index contributed by atoms with van der Waals surface area (Å²) in [5, 5.41) is 1.20. The topological polar surface area (TPSA) is 53.4 Å². The molecule has 0 N–H and O–H groups in total. The number of rotatable bonds is 6. The van der Waals surface area contributed by atoms with Gasteiger partial charge in [-0.15, -0.1) is 0 Å². The Hall–Kier alpha value is -1.43. The van der Waals surface area contributed by atoms with Gasteiger partial charge in [-0.3, -0.25) is 9.36 Å². The Morgan fingerprint density at radius 2 is 1.85 bits per heavy atom. The van der Waals surface area contributed by atoms with Gasteiger partial charge in [0.2, 0.25) is 0 Å². The van der Waals surface area contributed by atoms with Gasteiger partial charge in [0.25, 0.3) is 5.56 Å². The number of halogens is 1. The average molecular weight is 297 g/mol. The maximum Gasteiger partial charge on any atom is 0.252 e. The number of fused-ring (bicyclic) bond motifs is 1. The zero-order chi connectivity index (χ0) is 14.5. The van der Waals surface area contributed by atoms with Crippen molar-refractivity contribution in [3.8, 4) is 0 Å². The van der Waals surface area contributed by atoms with Gasteiger partial charge < -0.3 is 9.47 Å². The van der Waals surface area contributed by atoms with E-state index in [1.54, 1.807) is 12.1 Å². The van der Waals surface area contributed by atoms with Gasteiger partial charge in [-0.2, -0.15) is 0 Å². The smallest absolute Gasteiger partial charge is 0.252 e. The summed E-state index contributed by atoms with van der Waals surface area (Å²) < 4.78 is 12.5. The Balaban J connectivity index is 2.43. The van der Waals surface area contributed by atoms with Crippen molar-refractivity contribution in [1.29, 1.82) is 0 Å². The van der Waals surface area contributed by atoms with Gasteiger partial charge in [0.1, 0.15) is 10.8 Å². The van der Waals surface area contributed by atoms with Crippen molar-refractivity contribution in [2.45, 2.75) is 26.7 Å². The summed E-state index contributed by atoms with van der Waals surface area (Å²) in [5.74, 6) is 0. The summed E-state index contributed by atoms with van der Waals surface area (Å²) in [7, 11) is 0. The van der Waals surface area contributed by atoms with Crippen LogP contribution in [0.1, 0.15) is 13.8 Å². The minimum absolute atomic E-state index is 0.156. The van der Waals surface area contributed by atoms with Gasteiger partial charge in [0, 0.05) is 24.7 Å². The van der Waals surface area contributed by atoms with Crippen LogP contribution in [0.3, 0.4) is 0 Å². The molecule has 5 nitrogen and oxygen atoms in total. The first-order valence-electron chi connectivity index (χ1n) is 6.55. The fraction of sp³-hybridized carbons (Fsp3) is 0.429. The molecule has 0 aliphatic carbocycles. The number of hydrogen-bond acceptors (Lipinski definition) is 4. The third kappa shape index (κ3) is 3.36. The molecule has 0 saturated carbocycles. The molecule has 0 saturated heterocycles. The Morgan fingerprint density at radius 3 is 2.50 bits per heavy atom. The molecule has 2 aromatic heterocycles. The van der Waals surface area contributed by atoms with E-state index in [2.05, 4.69) is 4.98 Å². The van der Waals surface area contributed by atoms with Crippen LogP contribution in [-0.4, -0.2) is 29.1 Å². The molecule has 0 aliphatic heterocycles. The molecule has 2 aromatic rings. The summed E-state index contributed by atoms with van der Waals surface area (Å²) in [6, 6.07) is 6.76. The predicted octanol–water partition coefficient (Wildman–Crippen LogP) is 2.45. The van der Waals surface area contributed by atoms with Crippen molar-refractivity contribution < 1.29 is 9.47 Å². The highest BCUT2D eigenvalue weighted by molar-refractivity contribution is 6.29. The second kappa shape index (κ2) is 6.83. The number of aromatic nitrogens is 2. The van der Waals surface area contributed by atoms with E-state index in [0.717, 1.165) is 5.39 Å². The molecule has 0 atom stereocenters. The van der Waals surface area contributed by atoms with E-state index in [1.807, 2.05) is 19.9 Å². The number of pyridine rings is 2. The lowest BCUT2D eigenvalue weighted by molar-refractivity contribution is -0.143. The van der Waals surface area contributed by atoms with Gasteiger partial charge in [0.15, 0.2) is 6.29 Å². The first kappa shape index (κ1) is 15.0. The molecule has 6 heteroatoms. The normalized spacial score (nSPS) is 11.4. The molecular weight excluding hydrogens is 280 g/mol. The summed E-state index contributed by atoms with van der Waals surface area (Å²) in [6.07, 6.45) is -0.478. The van der Waals surface area contributed by atoms with E-state index >= 15 is 0 Å². The van der Waals surface area contributed by atoms with Gasteiger partial charge in [-0.1, -0.05) is 11.6 Å². The molecule has 0 aromatic carbocycles. The van der Waals surface area contributed by atoms with E-state index in [0.29, 0.717) is 24.0 Å². The molecule has 108 valence electrons. The third-order valence-electron chi connectivity index (χ3n) is 2.84. The predicted molar refractivity (Wildman–Crippen MR) is 78.1 cm³/mol. The van der Waals surface area contributed by atoms with Crippen LogP contribution in [0.25, 0.3) is 11.0 Å². The molecular formula is C14H17ClN2O3. The lowest BCUT2D eigenvalue weighted by Crippen LogP contribution is -2.30. The van der Waals surface area contributed by atoms with Gasteiger partial charge in [0.05, 0.1) is 6.54 Å². The average Bonchev–Trinajstić information content (AvgIpc) is 2.42. The second-order valence-electron chi connectivity index (χ2n) is 4.17.